The summed E-state index contributed by atoms with van der Waals surface area (Å²) in [4.78, 5) is 41.6. The van der Waals surface area contributed by atoms with Crippen molar-refractivity contribution in [2.75, 3.05) is 20.3 Å². The Morgan fingerprint density at radius 2 is 1.98 bits per heavy atom. The number of aryl methyl sites for hydroxylation is 3. The lowest BCUT2D eigenvalue weighted by Gasteiger charge is -2.27. The number of fused-ring (bicyclic) bond motifs is 1. The molecule has 214 valence electrons. The normalized spacial score (nSPS) is 11.9. The number of thiophene rings is 1. The highest BCUT2D eigenvalue weighted by molar-refractivity contribution is 7.21. The summed E-state index contributed by atoms with van der Waals surface area (Å²) in [6.07, 6.45) is 3.62. The van der Waals surface area contributed by atoms with Gasteiger partial charge in [0.2, 0.25) is 5.91 Å². The van der Waals surface area contributed by atoms with E-state index >= 15 is 0 Å². The van der Waals surface area contributed by atoms with Crippen molar-refractivity contribution < 1.29 is 18.7 Å². The number of nitrogens with one attached hydrogen (secondary N) is 1. The first-order valence-corrected chi connectivity index (χ1v) is 13.8. The highest BCUT2D eigenvalue weighted by Gasteiger charge is 2.35. The van der Waals surface area contributed by atoms with Gasteiger partial charge in [-0.1, -0.05) is 11.3 Å². The van der Waals surface area contributed by atoms with Crippen LogP contribution in [0.2, 0.25) is 0 Å². The van der Waals surface area contributed by atoms with Gasteiger partial charge in [-0.3, -0.25) is 14.2 Å². The summed E-state index contributed by atoms with van der Waals surface area (Å²) in [6.45, 7) is 9.26. The Bertz CT molecular complexity index is 1640. The molecular weight excluding hydrogens is 537 g/mol. The van der Waals surface area contributed by atoms with Gasteiger partial charge in [-0.15, -0.1) is 0 Å². The molecule has 4 aromatic rings. The fourth-order valence-corrected chi connectivity index (χ4v) is 5.79. The first-order valence-electron chi connectivity index (χ1n) is 13.0. The second-order valence-electron chi connectivity index (χ2n) is 10.3. The van der Waals surface area contributed by atoms with Crippen molar-refractivity contribution in [3.8, 4) is 10.8 Å². The Labute approximate surface area is 235 Å². The number of carbonyl (C=O) groups excluding carboxylic acids is 1. The largest absolute Gasteiger partial charge is 0.491 e. The maximum Gasteiger partial charge on any atom is 0.333 e. The molecule has 0 unspecified atom stereocenters. The Balaban J connectivity index is 1.90. The molecule has 0 fully saturated rings. The van der Waals surface area contributed by atoms with Gasteiger partial charge in [-0.05, 0) is 70.9 Å². The quantitative estimate of drug-likeness (QED) is 0.277. The predicted molar refractivity (Wildman–Crippen MR) is 152 cm³/mol. The van der Waals surface area contributed by atoms with Crippen LogP contribution in [0.3, 0.4) is 0 Å². The zero-order chi connectivity index (χ0) is 29.2. The molecule has 0 aliphatic carbocycles. The van der Waals surface area contributed by atoms with E-state index in [0.717, 1.165) is 4.57 Å². The Kier molecular flexibility index (Phi) is 8.59. The Morgan fingerprint density at radius 3 is 2.62 bits per heavy atom. The minimum Gasteiger partial charge on any atom is -0.491 e. The average Bonchev–Trinajstić information content (AvgIpc) is 3.53. The van der Waals surface area contributed by atoms with Gasteiger partial charge in [-0.2, -0.15) is 5.10 Å². The highest BCUT2D eigenvalue weighted by atomic mass is 32.1. The van der Waals surface area contributed by atoms with Crippen LogP contribution in [0.1, 0.15) is 38.8 Å². The smallest absolute Gasteiger partial charge is 0.333 e. The SMILES string of the molecule is COCCOc1ccc(F)cc1CCn1c(=O)n(C(C)(C)C(=O)NC(C)C)c(=O)c2c(C)c(-n3cccn3)sc21. The number of amides is 1. The molecule has 0 saturated heterocycles. The van der Waals surface area contributed by atoms with Crippen LogP contribution < -0.4 is 21.3 Å². The monoisotopic (exact) mass is 571 g/mol. The number of rotatable bonds is 11. The molecular formula is C28H34FN5O5S. The van der Waals surface area contributed by atoms with Crippen molar-refractivity contribution in [3.05, 3.63) is 74.4 Å². The first-order chi connectivity index (χ1) is 19.0. The summed E-state index contributed by atoms with van der Waals surface area (Å²) in [7, 11) is 1.56. The molecule has 1 N–H and O–H groups in total. The van der Waals surface area contributed by atoms with Gasteiger partial charge < -0.3 is 14.8 Å². The van der Waals surface area contributed by atoms with E-state index in [1.807, 2.05) is 13.8 Å². The van der Waals surface area contributed by atoms with Gasteiger partial charge in [0, 0.05) is 37.7 Å². The molecule has 1 amide bonds. The number of aromatic nitrogens is 4. The lowest BCUT2D eigenvalue weighted by molar-refractivity contribution is -0.129. The van der Waals surface area contributed by atoms with Crippen LogP contribution in [0.25, 0.3) is 15.2 Å². The van der Waals surface area contributed by atoms with Crippen LogP contribution in [0.4, 0.5) is 4.39 Å². The highest BCUT2D eigenvalue weighted by Crippen LogP contribution is 2.32. The van der Waals surface area contributed by atoms with Crippen molar-refractivity contribution in [2.24, 2.45) is 0 Å². The van der Waals surface area contributed by atoms with Crippen LogP contribution in [0, 0.1) is 12.7 Å². The van der Waals surface area contributed by atoms with Crippen LogP contribution >= 0.6 is 11.3 Å². The van der Waals surface area contributed by atoms with Gasteiger partial charge in [0.15, 0.2) is 0 Å². The minimum absolute atomic E-state index is 0.111. The number of hydrogen-bond acceptors (Lipinski definition) is 7. The topological polar surface area (TPSA) is 109 Å². The van der Waals surface area contributed by atoms with Crippen molar-refractivity contribution in [3.63, 3.8) is 0 Å². The second kappa shape index (κ2) is 11.8. The summed E-state index contributed by atoms with van der Waals surface area (Å²) in [6, 6.07) is 5.81. The third kappa shape index (κ3) is 5.59. The molecule has 3 heterocycles. The number of hydrogen-bond donors (Lipinski definition) is 1. The van der Waals surface area contributed by atoms with E-state index in [4.69, 9.17) is 9.47 Å². The fourth-order valence-electron chi connectivity index (χ4n) is 4.52. The maximum atomic E-state index is 14.2. The van der Waals surface area contributed by atoms with E-state index in [2.05, 4.69) is 10.4 Å². The molecule has 0 atom stereocenters. The lowest BCUT2D eigenvalue weighted by atomic mass is 10.0. The van der Waals surface area contributed by atoms with Crippen LogP contribution in [-0.2, 0) is 28.0 Å². The Morgan fingerprint density at radius 1 is 1.23 bits per heavy atom. The molecule has 10 nitrogen and oxygen atoms in total. The van der Waals surface area contributed by atoms with Gasteiger partial charge in [0.05, 0.1) is 12.0 Å². The minimum atomic E-state index is -1.48. The maximum absolute atomic E-state index is 14.2. The summed E-state index contributed by atoms with van der Waals surface area (Å²) in [5.41, 5.74) is -1.46. The summed E-state index contributed by atoms with van der Waals surface area (Å²) >= 11 is 1.26. The van der Waals surface area contributed by atoms with Crippen LogP contribution in [0.5, 0.6) is 5.75 Å². The summed E-state index contributed by atoms with van der Waals surface area (Å²) < 4.78 is 29.2. The van der Waals surface area contributed by atoms with Crippen molar-refractivity contribution in [1.29, 1.82) is 0 Å². The number of ether oxygens (including phenoxy) is 2. The Hall–Kier alpha value is -3.77. The lowest BCUT2D eigenvalue weighted by Crippen LogP contribution is -2.56. The van der Waals surface area contributed by atoms with Gasteiger partial charge in [-0.25, -0.2) is 18.4 Å². The van der Waals surface area contributed by atoms with E-state index in [1.54, 1.807) is 57.1 Å². The molecule has 1 aromatic carbocycles. The molecule has 0 saturated carbocycles. The average molecular weight is 572 g/mol. The molecule has 0 aliphatic heterocycles. The summed E-state index contributed by atoms with van der Waals surface area (Å²) in [5, 5.41) is 8.13. The van der Waals surface area contributed by atoms with E-state index in [9.17, 15) is 18.8 Å². The molecule has 40 heavy (non-hydrogen) atoms. The van der Waals surface area contributed by atoms with Crippen molar-refractivity contribution in [1.82, 2.24) is 24.2 Å². The molecule has 0 radical (unpaired) electrons. The number of carbonyl (C=O) groups is 1. The second-order valence-corrected chi connectivity index (χ2v) is 11.2. The molecule has 0 aliphatic rings. The number of benzene rings is 1. The third-order valence-electron chi connectivity index (χ3n) is 6.61. The summed E-state index contributed by atoms with van der Waals surface area (Å²) in [5.74, 6) is -0.407. The molecule has 0 bridgehead atoms. The molecule has 0 spiro atoms. The van der Waals surface area contributed by atoms with E-state index in [0.29, 0.717) is 38.7 Å². The zero-order valence-electron chi connectivity index (χ0n) is 23.5. The van der Waals surface area contributed by atoms with Gasteiger partial charge in [0.1, 0.15) is 33.5 Å². The van der Waals surface area contributed by atoms with Crippen LogP contribution in [-0.4, -0.2) is 51.2 Å². The van der Waals surface area contributed by atoms with E-state index in [-0.39, 0.29) is 25.6 Å². The van der Waals surface area contributed by atoms with Crippen molar-refractivity contribution in [2.45, 2.75) is 59.2 Å². The third-order valence-corrected chi connectivity index (χ3v) is 7.91. The van der Waals surface area contributed by atoms with E-state index in [1.165, 1.54) is 28.0 Å². The fraction of sp³-hybridized carbons (Fsp3) is 0.429. The first kappa shape index (κ1) is 29.2. The predicted octanol–water partition coefficient (Wildman–Crippen LogP) is 3.39. The molecule has 4 rings (SSSR count). The standard InChI is InChI=1S/C28H34FN5O5S/c1-17(2)31-26(36)28(4,5)34-23(35)22-18(3)24(33-12-7-11-30-33)40-25(22)32(27(34)37)13-10-19-16-20(29)8-9-21(19)39-15-14-38-6/h7-9,11-12,16-17H,10,13-15H2,1-6H3,(H,31,36). The number of methoxy groups -OCH3 is 1. The van der Waals surface area contributed by atoms with Gasteiger partial charge >= 0.3 is 5.69 Å². The number of nitrogens with zero attached hydrogens (tertiary/aromatic N) is 4. The van der Waals surface area contributed by atoms with Crippen LogP contribution in [0.15, 0.2) is 46.2 Å². The molecule has 12 heteroatoms. The van der Waals surface area contributed by atoms with Gasteiger partial charge in [0.25, 0.3) is 5.56 Å². The molecule has 3 aromatic heterocycles. The van der Waals surface area contributed by atoms with E-state index < -0.39 is 28.5 Å². The zero-order valence-corrected chi connectivity index (χ0v) is 24.3. The van der Waals surface area contributed by atoms with Crippen molar-refractivity contribution >= 4 is 27.5 Å². The number of halogens is 1.